The Morgan fingerprint density at radius 1 is 1.10 bits per heavy atom. The van der Waals surface area contributed by atoms with E-state index in [0.29, 0.717) is 30.1 Å². The molecule has 0 aliphatic heterocycles. The van der Waals surface area contributed by atoms with Crippen LogP contribution in [0.3, 0.4) is 0 Å². The fourth-order valence-electron chi connectivity index (χ4n) is 3.00. The molecule has 0 saturated carbocycles. The van der Waals surface area contributed by atoms with Crippen LogP contribution in [-0.2, 0) is 21.2 Å². The Bertz CT molecular complexity index is 991. The number of rotatable bonds is 9. The molecule has 0 saturated heterocycles. The number of hydrogen-bond donors (Lipinski definition) is 2. The predicted octanol–water partition coefficient (Wildman–Crippen LogP) is 3.07. The first-order chi connectivity index (χ1) is 13.6. The third-order valence-corrected chi connectivity index (χ3v) is 7.98. The minimum Gasteiger partial charge on any atom is -0.365 e. The van der Waals surface area contributed by atoms with Crippen LogP contribution in [0.1, 0.15) is 46.6 Å². The molecule has 9 heteroatoms. The van der Waals surface area contributed by atoms with Gasteiger partial charge in [0.2, 0.25) is 15.9 Å². The number of thiophene rings is 1. The normalized spacial score (nSPS) is 11.6. The molecule has 3 N–H and O–H groups in total. The molecular formula is C20H27N3O4S2. The number of amides is 2. The van der Waals surface area contributed by atoms with Gasteiger partial charge in [-0.25, -0.2) is 8.42 Å². The zero-order valence-corrected chi connectivity index (χ0v) is 18.7. The minimum absolute atomic E-state index is 0.205. The number of carbonyl (C=O) groups excluding carboxylic acids is 2. The lowest BCUT2D eigenvalue weighted by Crippen LogP contribution is -2.30. The van der Waals surface area contributed by atoms with Crippen molar-refractivity contribution in [3.05, 3.63) is 45.8 Å². The second-order valence-electron chi connectivity index (χ2n) is 6.63. The zero-order valence-electron chi connectivity index (χ0n) is 17.1. The highest BCUT2D eigenvalue weighted by molar-refractivity contribution is 7.89. The first-order valence-corrected chi connectivity index (χ1v) is 11.7. The third kappa shape index (κ3) is 5.23. The number of aryl methyl sites for hydroxylation is 2. The largest absolute Gasteiger partial charge is 0.365 e. The first-order valence-electron chi connectivity index (χ1n) is 9.40. The lowest BCUT2D eigenvalue weighted by Gasteiger charge is -2.18. The SMILES string of the molecule is CCN(CC)S(=O)(=O)c1ccc(CCC(=O)Nc2sc(C)c(C)c2C(N)=O)cc1. The summed E-state index contributed by atoms with van der Waals surface area (Å²) in [4.78, 5) is 25.1. The van der Waals surface area contributed by atoms with Gasteiger partial charge >= 0.3 is 0 Å². The summed E-state index contributed by atoms with van der Waals surface area (Å²) in [5.41, 5.74) is 7.41. The lowest BCUT2D eigenvalue weighted by molar-refractivity contribution is -0.116. The van der Waals surface area contributed by atoms with E-state index in [1.54, 1.807) is 45.0 Å². The van der Waals surface area contributed by atoms with Crippen molar-refractivity contribution in [2.24, 2.45) is 5.73 Å². The van der Waals surface area contributed by atoms with Gasteiger partial charge in [0.25, 0.3) is 5.91 Å². The van der Waals surface area contributed by atoms with E-state index in [1.807, 2.05) is 6.92 Å². The number of hydrogen-bond acceptors (Lipinski definition) is 5. The molecule has 2 rings (SSSR count). The van der Waals surface area contributed by atoms with Crippen LogP contribution in [0.25, 0.3) is 0 Å². The van der Waals surface area contributed by atoms with Crippen LogP contribution in [0.2, 0.25) is 0 Å². The molecule has 0 fully saturated rings. The predicted molar refractivity (Wildman–Crippen MR) is 116 cm³/mol. The molecule has 0 aliphatic carbocycles. The summed E-state index contributed by atoms with van der Waals surface area (Å²) >= 11 is 1.33. The summed E-state index contributed by atoms with van der Waals surface area (Å²) in [6.07, 6.45) is 0.656. The Kier molecular flexibility index (Phi) is 7.56. The maximum Gasteiger partial charge on any atom is 0.251 e. The second kappa shape index (κ2) is 9.51. The molecule has 0 unspecified atom stereocenters. The molecule has 0 radical (unpaired) electrons. The van der Waals surface area contributed by atoms with Gasteiger partial charge in [0, 0.05) is 24.4 Å². The smallest absolute Gasteiger partial charge is 0.251 e. The summed E-state index contributed by atoms with van der Waals surface area (Å²) < 4.78 is 26.4. The highest BCUT2D eigenvalue weighted by Gasteiger charge is 2.21. The average molecular weight is 438 g/mol. The van der Waals surface area contributed by atoms with Gasteiger partial charge in [-0.1, -0.05) is 26.0 Å². The lowest BCUT2D eigenvalue weighted by atomic mass is 10.1. The van der Waals surface area contributed by atoms with Crippen molar-refractivity contribution in [2.45, 2.75) is 45.4 Å². The number of anilines is 1. The van der Waals surface area contributed by atoms with E-state index in [0.717, 1.165) is 16.0 Å². The highest BCUT2D eigenvalue weighted by Crippen LogP contribution is 2.32. The summed E-state index contributed by atoms with van der Waals surface area (Å²) in [6, 6.07) is 6.58. The molecule has 0 aliphatic rings. The molecule has 2 amide bonds. The van der Waals surface area contributed by atoms with Crippen molar-refractivity contribution in [1.82, 2.24) is 4.31 Å². The van der Waals surface area contributed by atoms with Crippen molar-refractivity contribution in [1.29, 1.82) is 0 Å². The van der Waals surface area contributed by atoms with E-state index in [9.17, 15) is 18.0 Å². The molecule has 7 nitrogen and oxygen atoms in total. The highest BCUT2D eigenvalue weighted by atomic mass is 32.2. The van der Waals surface area contributed by atoms with Gasteiger partial charge in [-0.05, 0) is 43.5 Å². The topological polar surface area (TPSA) is 110 Å². The van der Waals surface area contributed by atoms with E-state index < -0.39 is 15.9 Å². The quantitative estimate of drug-likeness (QED) is 0.628. The van der Waals surface area contributed by atoms with Gasteiger partial charge in [-0.15, -0.1) is 11.3 Å². The fraction of sp³-hybridized carbons (Fsp3) is 0.400. The third-order valence-electron chi connectivity index (χ3n) is 4.79. The van der Waals surface area contributed by atoms with Gasteiger partial charge < -0.3 is 11.1 Å². The first kappa shape index (κ1) is 23.1. The number of carbonyl (C=O) groups is 2. The maximum atomic E-state index is 12.5. The van der Waals surface area contributed by atoms with Gasteiger partial charge in [-0.3, -0.25) is 9.59 Å². The average Bonchev–Trinajstić information content (AvgIpc) is 2.94. The number of nitrogens with one attached hydrogen (secondary N) is 1. The van der Waals surface area contributed by atoms with Gasteiger partial charge in [0.1, 0.15) is 5.00 Å². The van der Waals surface area contributed by atoms with Crippen molar-refractivity contribution in [3.8, 4) is 0 Å². The van der Waals surface area contributed by atoms with Crippen LogP contribution < -0.4 is 11.1 Å². The Hall–Kier alpha value is -2.23. The molecule has 1 aromatic heterocycles. The Labute approximate surface area is 176 Å². The van der Waals surface area contributed by atoms with Crippen LogP contribution in [0, 0.1) is 13.8 Å². The van der Waals surface area contributed by atoms with Crippen molar-refractivity contribution in [3.63, 3.8) is 0 Å². The molecule has 0 bridgehead atoms. The van der Waals surface area contributed by atoms with Crippen LogP contribution >= 0.6 is 11.3 Å². The Balaban J connectivity index is 2.03. The van der Waals surface area contributed by atoms with Crippen molar-refractivity contribution in [2.75, 3.05) is 18.4 Å². The summed E-state index contributed by atoms with van der Waals surface area (Å²) in [5.74, 6) is -0.791. The molecule has 0 atom stereocenters. The fourth-order valence-corrected chi connectivity index (χ4v) is 5.54. The van der Waals surface area contributed by atoms with E-state index >= 15 is 0 Å². The number of nitrogens with zero attached hydrogens (tertiary/aromatic N) is 1. The standard InChI is InChI=1S/C20H27N3O4S2/c1-5-23(6-2)29(26,27)16-10-7-15(8-11-16)9-12-17(24)22-20-18(19(21)25)13(3)14(4)28-20/h7-8,10-11H,5-6,9,12H2,1-4H3,(H2,21,25)(H,22,24). The Morgan fingerprint density at radius 3 is 2.21 bits per heavy atom. The summed E-state index contributed by atoms with van der Waals surface area (Å²) in [6.45, 7) is 8.10. The second-order valence-corrected chi connectivity index (χ2v) is 9.80. The van der Waals surface area contributed by atoms with E-state index in [2.05, 4.69) is 5.32 Å². The molecule has 1 aromatic carbocycles. The van der Waals surface area contributed by atoms with Gasteiger partial charge in [0.05, 0.1) is 10.5 Å². The minimum atomic E-state index is -3.49. The monoisotopic (exact) mass is 437 g/mol. The molecule has 29 heavy (non-hydrogen) atoms. The van der Waals surface area contributed by atoms with Crippen LogP contribution in [0.4, 0.5) is 5.00 Å². The number of benzene rings is 1. The number of nitrogens with two attached hydrogens (primary N) is 1. The van der Waals surface area contributed by atoms with E-state index in [-0.39, 0.29) is 17.2 Å². The van der Waals surface area contributed by atoms with Crippen LogP contribution in [0.15, 0.2) is 29.2 Å². The van der Waals surface area contributed by atoms with E-state index in [1.165, 1.54) is 15.6 Å². The molecule has 158 valence electrons. The van der Waals surface area contributed by atoms with Crippen molar-refractivity contribution >= 4 is 38.2 Å². The van der Waals surface area contributed by atoms with Crippen LogP contribution in [-0.4, -0.2) is 37.6 Å². The molecule has 2 aromatic rings. The van der Waals surface area contributed by atoms with Gasteiger partial charge in [0.15, 0.2) is 0 Å². The Morgan fingerprint density at radius 2 is 1.69 bits per heavy atom. The van der Waals surface area contributed by atoms with Gasteiger partial charge in [-0.2, -0.15) is 4.31 Å². The zero-order chi connectivity index (χ0) is 21.8. The van der Waals surface area contributed by atoms with Crippen molar-refractivity contribution < 1.29 is 18.0 Å². The summed E-state index contributed by atoms with van der Waals surface area (Å²) in [5, 5.41) is 3.24. The number of sulfonamides is 1. The van der Waals surface area contributed by atoms with Crippen LogP contribution in [0.5, 0.6) is 0 Å². The molecule has 0 spiro atoms. The molecule has 1 heterocycles. The maximum absolute atomic E-state index is 12.5. The van der Waals surface area contributed by atoms with E-state index in [4.69, 9.17) is 5.73 Å². The number of primary amides is 1. The summed E-state index contributed by atoms with van der Waals surface area (Å²) in [7, 11) is -3.49. The molecular weight excluding hydrogens is 410 g/mol.